The molecule has 1 aliphatic rings. The van der Waals surface area contributed by atoms with Gasteiger partial charge in [-0.05, 0) is 5.56 Å². The Kier molecular flexibility index (Phi) is 3.39. The van der Waals surface area contributed by atoms with Crippen molar-refractivity contribution in [2.75, 3.05) is 6.54 Å². The summed E-state index contributed by atoms with van der Waals surface area (Å²) in [7, 11) is 0. The first-order chi connectivity index (χ1) is 8.16. The number of nitrogens with zero attached hydrogens (tertiary/aromatic N) is 1. The lowest BCUT2D eigenvalue weighted by Crippen LogP contribution is -2.36. The number of hydrazine groups is 1. The Balaban J connectivity index is 1.97. The summed E-state index contributed by atoms with van der Waals surface area (Å²) in [6, 6.07) is 9.61. The van der Waals surface area contributed by atoms with E-state index in [0.717, 1.165) is 5.56 Å². The molecule has 1 amide bonds. The Morgan fingerprint density at radius 1 is 1.41 bits per heavy atom. The molecule has 1 unspecified atom stereocenters. The van der Waals surface area contributed by atoms with Gasteiger partial charge in [0.1, 0.15) is 0 Å². The molecule has 1 heterocycles. The third kappa shape index (κ3) is 2.82. The van der Waals surface area contributed by atoms with Crippen molar-refractivity contribution in [3.05, 3.63) is 35.9 Å². The smallest absolute Gasteiger partial charge is 0.305 e. The van der Waals surface area contributed by atoms with Gasteiger partial charge in [0.2, 0.25) is 5.91 Å². The van der Waals surface area contributed by atoms with E-state index in [1.807, 2.05) is 30.3 Å². The predicted octanol–water partition coefficient (Wildman–Crippen LogP) is 0.939. The number of rotatable bonds is 4. The zero-order valence-electron chi connectivity index (χ0n) is 9.30. The second-order valence-corrected chi connectivity index (χ2v) is 3.99. The lowest BCUT2D eigenvalue weighted by atomic mass is 10.1. The molecule has 5 heteroatoms. The molecule has 1 aliphatic heterocycles. The molecule has 0 aliphatic carbocycles. The maximum Gasteiger partial charge on any atom is 0.305 e. The van der Waals surface area contributed by atoms with Crippen molar-refractivity contribution in [2.45, 2.75) is 18.9 Å². The number of hydrogen-bond donors (Lipinski definition) is 2. The third-order valence-electron chi connectivity index (χ3n) is 2.74. The first-order valence-corrected chi connectivity index (χ1v) is 5.50. The zero-order valence-corrected chi connectivity index (χ0v) is 9.30. The maximum atomic E-state index is 11.6. The number of carboxylic acids is 1. The minimum atomic E-state index is -0.900. The van der Waals surface area contributed by atoms with Crippen LogP contribution in [-0.2, 0) is 9.59 Å². The van der Waals surface area contributed by atoms with E-state index >= 15 is 0 Å². The number of carboxylic acid groups (broad SMARTS) is 1. The number of aliphatic carboxylic acids is 1. The second-order valence-electron chi connectivity index (χ2n) is 3.99. The molecule has 0 bridgehead atoms. The van der Waals surface area contributed by atoms with Crippen LogP contribution in [-0.4, -0.2) is 28.5 Å². The van der Waals surface area contributed by atoms with Gasteiger partial charge in [-0.2, -0.15) is 0 Å². The van der Waals surface area contributed by atoms with Gasteiger partial charge in [-0.25, -0.2) is 5.43 Å². The van der Waals surface area contributed by atoms with Crippen LogP contribution in [0.3, 0.4) is 0 Å². The van der Waals surface area contributed by atoms with Crippen molar-refractivity contribution in [1.29, 1.82) is 0 Å². The summed E-state index contributed by atoms with van der Waals surface area (Å²) in [5, 5.41) is 9.97. The Labute approximate surface area is 99.0 Å². The largest absolute Gasteiger partial charge is 0.481 e. The van der Waals surface area contributed by atoms with E-state index in [1.54, 1.807) is 0 Å². The molecule has 2 N–H and O–H groups in total. The van der Waals surface area contributed by atoms with Crippen molar-refractivity contribution < 1.29 is 14.7 Å². The van der Waals surface area contributed by atoms with Crippen LogP contribution in [0.15, 0.2) is 30.3 Å². The highest BCUT2D eigenvalue weighted by Crippen LogP contribution is 2.23. The van der Waals surface area contributed by atoms with Crippen LogP contribution < -0.4 is 5.43 Å². The molecular weight excluding hydrogens is 220 g/mol. The van der Waals surface area contributed by atoms with Gasteiger partial charge in [0, 0.05) is 13.0 Å². The van der Waals surface area contributed by atoms with E-state index in [-0.39, 0.29) is 24.9 Å². The van der Waals surface area contributed by atoms with Crippen molar-refractivity contribution >= 4 is 11.9 Å². The molecule has 2 rings (SSSR count). The van der Waals surface area contributed by atoms with Gasteiger partial charge in [-0.3, -0.25) is 14.6 Å². The molecule has 1 aromatic carbocycles. The standard InChI is InChI=1S/C12H14N2O3/c15-11-8-10(9-4-2-1-3-5-9)13-14(11)7-6-12(16)17/h1-5,10,13H,6-8H2,(H,16,17). The molecule has 0 saturated carbocycles. The van der Waals surface area contributed by atoms with Gasteiger partial charge in [-0.15, -0.1) is 0 Å². The summed E-state index contributed by atoms with van der Waals surface area (Å²) in [5.41, 5.74) is 4.07. The van der Waals surface area contributed by atoms with Crippen molar-refractivity contribution in [2.24, 2.45) is 0 Å². The van der Waals surface area contributed by atoms with Gasteiger partial charge in [0.15, 0.2) is 0 Å². The SMILES string of the molecule is O=C(O)CCN1NC(c2ccccc2)CC1=O. The number of carbonyl (C=O) groups excluding carboxylic acids is 1. The van der Waals surface area contributed by atoms with E-state index in [0.29, 0.717) is 6.42 Å². The molecule has 0 aromatic heterocycles. The lowest BCUT2D eigenvalue weighted by Gasteiger charge is -2.17. The molecule has 1 saturated heterocycles. The number of hydrogen-bond acceptors (Lipinski definition) is 3. The van der Waals surface area contributed by atoms with Gasteiger partial charge in [0.25, 0.3) is 0 Å². The lowest BCUT2D eigenvalue weighted by molar-refractivity contribution is -0.138. The van der Waals surface area contributed by atoms with Crippen LogP contribution in [0.2, 0.25) is 0 Å². The summed E-state index contributed by atoms with van der Waals surface area (Å²) in [6.07, 6.45) is 0.337. The zero-order chi connectivity index (χ0) is 12.3. The minimum absolute atomic E-state index is 0.0414. The van der Waals surface area contributed by atoms with Crippen LogP contribution in [0, 0.1) is 0 Å². The molecule has 17 heavy (non-hydrogen) atoms. The monoisotopic (exact) mass is 234 g/mol. The van der Waals surface area contributed by atoms with Crippen LogP contribution >= 0.6 is 0 Å². The number of carbonyl (C=O) groups is 2. The topological polar surface area (TPSA) is 69.6 Å². The second kappa shape index (κ2) is 4.97. The number of amides is 1. The van der Waals surface area contributed by atoms with E-state index in [1.165, 1.54) is 5.01 Å². The molecular formula is C12H14N2O3. The summed E-state index contributed by atoms with van der Waals surface area (Å²) in [4.78, 5) is 22.1. The fourth-order valence-corrected chi connectivity index (χ4v) is 1.86. The van der Waals surface area contributed by atoms with Crippen molar-refractivity contribution in [3.8, 4) is 0 Å². The van der Waals surface area contributed by atoms with E-state index in [2.05, 4.69) is 5.43 Å². The predicted molar refractivity (Wildman–Crippen MR) is 60.9 cm³/mol. The average Bonchev–Trinajstić information content (AvgIpc) is 2.69. The van der Waals surface area contributed by atoms with Gasteiger partial charge >= 0.3 is 5.97 Å². The Morgan fingerprint density at radius 2 is 2.12 bits per heavy atom. The maximum absolute atomic E-state index is 11.6. The van der Waals surface area contributed by atoms with E-state index in [4.69, 9.17) is 5.11 Å². The molecule has 90 valence electrons. The Morgan fingerprint density at radius 3 is 2.76 bits per heavy atom. The van der Waals surface area contributed by atoms with E-state index < -0.39 is 5.97 Å². The molecule has 0 spiro atoms. The molecule has 1 aromatic rings. The van der Waals surface area contributed by atoms with Crippen LogP contribution in [0.25, 0.3) is 0 Å². The highest BCUT2D eigenvalue weighted by Gasteiger charge is 2.29. The summed E-state index contributed by atoms with van der Waals surface area (Å²) in [6.45, 7) is 0.206. The quantitative estimate of drug-likeness (QED) is 0.813. The average molecular weight is 234 g/mol. The first-order valence-electron chi connectivity index (χ1n) is 5.50. The Hall–Kier alpha value is -1.88. The normalized spacial score (nSPS) is 19.6. The summed E-state index contributed by atoms with van der Waals surface area (Å²) >= 11 is 0. The fourth-order valence-electron chi connectivity index (χ4n) is 1.86. The van der Waals surface area contributed by atoms with Crippen molar-refractivity contribution in [3.63, 3.8) is 0 Å². The molecule has 1 fully saturated rings. The number of nitrogens with one attached hydrogen (secondary N) is 1. The van der Waals surface area contributed by atoms with Crippen LogP contribution in [0.4, 0.5) is 0 Å². The molecule has 0 radical (unpaired) electrons. The van der Waals surface area contributed by atoms with Crippen molar-refractivity contribution in [1.82, 2.24) is 10.4 Å². The highest BCUT2D eigenvalue weighted by atomic mass is 16.4. The van der Waals surface area contributed by atoms with Gasteiger partial charge < -0.3 is 5.11 Å². The van der Waals surface area contributed by atoms with E-state index in [9.17, 15) is 9.59 Å². The van der Waals surface area contributed by atoms with Gasteiger partial charge in [-0.1, -0.05) is 30.3 Å². The summed E-state index contributed by atoms with van der Waals surface area (Å²) in [5.74, 6) is -0.956. The Bertz CT molecular complexity index is 419. The molecule has 1 atom stereocenters. The number of benzene rings is 1. The van der Waals surface area contributed by atoms with Crippen LogP contribution in [0.1, 0.15) is 24.4 Å². The highest BCUT2D eigenvalue weighted by molar-refractivity contribution is 5.79. The minimum Gasteiger partial charge on any atom is -0.481 e. The summed E-state index contributed by atoms with van der Waals surface area (Å²) < 4.78 is 0. The molecule has 5 nitrogen and oxygen atoms in total. The van der Waals surface area contributed by atoms with Crippen LogP contribution in [0.5, 0.6) is 0 Å². The fraction of sp³-hybridized carbons (Fsp3) is 0.333. The third-order valence-corrected chi connectivity index (χ3v) is 2.74. The first kappa shape index (κ1) is 11.6. The van der Waals surface area contributed by atoms with Gasteiger partial charge in [0.05, 0.1) is 12.5 Å².